The molecule has 1 saturated heterocycles. The summed E-state index contributed by atoms with van der Waals surface area (Å²) in [5, 5.41) is 0. The molecular formula is C28H39N3O3. The number of benzene rings is 2. The Kier molecular flexibility index (Phi) is 9.52. The molecule has 6 heteroatoms. The number of carbonyl (C=O) groups is 2. The average molecular weight is 466 g/mol. The predicted molar refractivity (Wildman–Crippen MR) is 138 cm³/mol. The number of methoxy groups -OCH3 is 1. The van der Waals surface area contributed by atoms with E-state index in [0.717, 1.165) is 55.6 Å². The zero-order chi connectivity index (χ0) is 24.5. The number of nitrogens with zero attached hydrogens (tertiary/aromatic N) is 3. The van der Waals surface area contributed by atoms with Crippen molar-refractivity contribution in [3.8, 4) is 5.75 Å². The number of imide groups is 1. The van der Waals surface area contributed by atoms with E-state index in [1.165, 1.54) is 4.90 Å². The highest BCUT2D eigenvalue weighted by atomic mass is 16.5. The first-order chi connectivity index (χ1) is 16.4. The average Bonchev–Trinajstić information content (AvgIpc) is 2.84. The molecule has 1 atom stereocenters. The largest absolute Gasteiger partial charge is 0.496 e. The number of likely N-dealkylation sites (N-methyl/N-ethyl adjacent to an activating group) is 1. The maximum Gasteiger partial charge on any atom is 0.331 e. The van der Waals surface area contributed by atoms with Crippen molar-refractivity contribution in [1.29, 1.82) is 0 Å². The minimum Gasteiger partial charge on any atom is -0.496 e. The lowest BCUT2D eigenvalue weighted by atomic mass is 9.88. The Labute approximate surface area is 204 Å². The molecule has 3 amide bonds. The maximum absolute atomic E-state index is 13.8. The Morgan fingerprint density at radius 3 is 2.38 bits per heavy atom. The van der Waals surface area contributed by atoms with Crippen LogP contribution in [0.2, 0.25) is 0 Å². The molecule has 2 aromatic rings. The van der Waals surface area contributed by atoms with E-state index in [0.29, 0.717) is 18.8 Å². The first-order valence-electron chi connectivity index (χ1n) is 12.4. The maximum atomic E-state index is 13.8. The van der Waals surface area contributed by atoms with Gasteiger partial charge in [-0.1, -0.05) is 56.5 Å². The Morgan fingerprint density at radius 1 is 1.03 bits per heavy atom. The number of para-hydroxylation sites is 1. The van der Waals surface area contributed by atoms with Crippen molar-refractivity contribution in [3.63, 3.8) is 0 Å². The fraction of sp³-hybridized carbons (Fsp3) is 0.500. The van der Waals surface area contributed by atoms with Gasteiger partial charge in [-0.15, -0.1) is 0 Å². The van der Waals surface area contributed by atoms with Crippen molar-refractivity contribution in [3.05, 3.63) is 59.7 Å². The molecule has 2 aromatic carbocycles. The van der Waals surface area contributed by atoms with Gasteiger partial charge in [0.1, 0.15) is 5.75 Å². The number of piperazine rings is 1. The van der Waals surface area contributed by atoms with Crippen LogP contribution in [0.25, 0.3) is 0 Å². The van der Waals surface area contributed by atoms with Gasteiger partial charge in [0.05, 0.1) is 12.8 Å². The van der Waals surface area contributed by atoms with Crippen LogP contribution >= 0.6 is 0 Å². The minimum atomic E-state index is -0.229. The number of hydrogen-bond acceptors (Lipinski definition) is 4. The van der Waals surface area contributed by atoms with Crippen LogP contribution in [0.3, 0.4) is 0 Å². The zero-order valence-corrected chi connectivity index (χ0v) is 21.1. The molecule has 0 aromatic heterocycles. The number of rotatable bonds is 9. The molecule has 1 aliphatic heterocycles. The van der Waals surface area contributed by atoms with E-state index in [9.17, 15) is 9.59 Å². The van der Waals surface area contributed by atoms with Gasteiger partial charge in [-0.2, -0.15) is 0 Å². The molecule has 0 radical (unpaired) electrons. The third kappa shape index (κ3) is 6.60. The predicted octanol–water partition coefficient (Wildman–Crippen LogP) is 5.46. The number of carbonyl (C=O) groups excluding carboxylic acids is 2. The van der Waals surface area contributed by atoms with Gasteiger partial charge in [0, 0.05) is 32.6 Å². The van der Waals surface area contributed by atoms with E-state index in [1.807, 2.05) is 43.3 Å². The molecule has 0 aliphatic carbocycles. The second kappa shape index (κ2) is 12.6. The lowest BCUT2D eigenvalue weighted by molar-refractivity contribution is -0.118. The third-order valence-corrected chi connectivity index (χ3v) is 6.63. The molecule has 3 rings (SSSR count). The molecule has 0 saturated carbocycles. The fourth-order valence-electron chi connectivity index (χ4n) is 4.54. The quantitative estimate of drug-likeness (QED) is 0.462. The van der Waals surface area contributed by atoms with E-state index < -0.39 is 0 Å². The SMILES string of the molecule is CCCCCC(CC(=O)N(C(=O)N1CCN(C)CC1)c1ccccc1)c1ccc(C)cc1OC. The Morgan fingerprint density at radius 2 is 1.74 bits per heavy atom. The van der Waals surface area contributed by atoms with Crippen LogP contribution in [0.4, 0.5) is 10.5 Å². The Balaban J connectivity index is 1.89. The van der Waals surface area contributed by atoms with E-state index in [-0.39, 0.29) is 24.3 Å². The Hall–Kier alpha value is -2.86. The monoisotopic (exact) mass is 465 g/mol. The first kappa shape index (κ1) is 25.8. The summed E-state index contributed by atoms with van der Waals surface area (Å²) < 4.78 is 5.69. The molecule has 0 N–H and O–H groups in total. The van der Waals surface area contributed by atoms with Gasteiger partial charge >= 0.3 is 6.03 Å². The van der Waals surface area contributed by atoms with Crippen molar-refractivity contribution in [1.82, 2.24) is 9.80 Å². The topological polar surface area (TPSA) is 53.1 Å². The van der Waals surface area contributed by atoms with E-state index in [1.54, 1.807) is 12.0 Å². The normalized spacial score (nSPS) is 15.1. The molecule has 0 spiro atoms. The number of anilines is 1. The number of amides is 3. The number of unbranched alkanes of at least 4 members (excludes halogenated alkanes) is 2. The molecule has 184 valence electrons. The summed E-state index contributed by atoms with van der Waals surface area (Å²) in [6, 6.07) is 15.3. The van der Waals surface area contributed by atoms with E-state index in [4.69, 9.17) is 4.74 Å². The van der Waals surface area contributed by atoms with Gasteiger partial charge in [0.15, 0.2) is 0 Å². The van der Waals surface area contributed by atoms with Crippen molar-refractivity contribution in [2.24, 2.45) is 0 Å². The van der Waals surface area contributed by atoms with Crippen LogP contribution in [-0.4, -0.2) is 62.1 Å². The second-order valence-corrected chi connectivity index (χ2v) is 9.28. The highest BCUT2D eigenvalue weighted by Gasteiger charge is 2.32. The number of aryl methyl sites for hydroxylation is 1. The van der Waals surface area contributed by atoms with Crippen LogP contribution in [0.5, 0.6) is 5.75 Å². The van der Waals surface area contributed by atoms with Gasteiger partial charge in [0.2, 0.25) is 5.91 Å². The van der Waals surface area contributed by atoms with Crippen molar-refractivity contribution in [2.75, 3.05) is 45.2 Å². The standard InChI is InChI=1S/C28H39N3O3/c1-5-6-8-11-23(25-15-14-22(2)20-26(25)34-4)21-27(32)31(24-12-9-7-10-13-24)28(33)30-18-16-29(3)17-19-30/h7,9-10,12-15,20,23H,5-6,8,11,16-19,21H2,1-4H3. The van der Waals surface area contributed by atoms with Gasteiger partial charge in [-0.3, -0.25) is 4.79 Å². The zero-order valence-electron chi connectivity index (χ0n) is 21.1. The summed E-state index contributed by atoms with van der Waals surface area (Å²) in [7, 11) is 3.73. The van der Waals surface area contributed by atoms with Crippen LogP contribution in [-0.2, 0) is 4.79 Å². The summed E-state index contributed by atoms with van der Waals surface area (Å²) in [4.78, 5) is 32.8. The second-order valence-electron chi connectivity index (χ2n) is 9.28. The number of ether oxygens (including phenoxy) is 1. The molecule has 34 heavy (non-hydrogen) atoms. The van der Waals surface area contributed by atoms with E-state index in [2.05, 4.69) is 31.0 Å². The van der Waals surface area contributed by atoms with Gasteiger partial charge in [-0.25, -0.2) is 9.69 Å². The summed E-state index contributed by atoms with van der Waals surface area (Å²) in [6.45, 7) is 7.08. The molecule has 0 bridgehead atoms. The number of hydrogen-bond donors (Lipinski definition) is 0. The molecule has 1 unspecified atom stereocenters. The smallest absolute Gasteiger partial charge is 0.331 e. The first-order valence-corrected chi connectivity index (χ1v) is 12.4. The van der Waals surface area contributed by atoms with Gasteiger partial charge < -0.3 is 14.5 Å². The molecule has 1 fully saturated rings. The van der Waals surface area contributed by atoms with Crippen molar-refractivity contribution < 1.29 is 14.3 Å². The van der Waals surface area contributed by atoms with Gasteiger partial charge in [-0.05, 0) is 55.6 Å². The summed E-state index contributed by atoms with van der Waals surface area (Å²) >= 11 is 0. The van der Waals surface area contributed by atoms with Crippen molar-refractivity contribution >= 4 is 17.6 Å². The minimum absolute atomic E-state index is 0.0129. The Bertz CT molecular complexity index is 939. The summed E-state index contributed by atoms with van der Waals surface area (Å²) in [5.41, 5.74) is 2.78. The summed E-state index contributed by atoms with van der Waals surface area (Å²) in [6.07, 6.45) is 4.40. The summed E-state index contributed by atoms with van der Waals surface area (Å²) in [5.74, 6) is 0.631. The number of urea groups is 1. The van der Waals surface area contributed by atoms with Crippen LogP contribution in [0, 0.1) is 6.92 Å². The molecule has 6 nitrogen and oxygen atoms in total. The van der Waals surface area contributed by atoms with Crippen LogP contribution in [0.1, 0.15) is 56.1 Å². The lowest BCUT2D eigenvalue weighted by Crippen LogP contribution is -2.53. The lowest BCUT2D eigenvalue weighted by Gasteiger charge is -2.36. The molecular weight excluding hydrogens is 426 g/mol. The van der Waals surface area contributed by atoms with E-state index >= 15 is 0 Å². The third-order valence-electron chi connectivity index (χ3n) is 6.63. The highest BCUT2D eigenvalue weighted by Crippen LogP contribution is 2.35. The highest BCUT2D eigenvalue weighted by molar-refractivity contribution is 6.14. The fourth-order valence-corrected chi connectivity index (χ4v) is 4.54. The van der Waals surface area contributed by atoms with Crippen LogP contribution in [0.15, 0.2) is 48.5 Å². The molecule has 1 aliphatic rings. The molecule has 1 heterocycles. The van der Waals surface area contributed by atoms with Crippen LogP contribution < -0.4 is 9.64 Å². The van der Waals surface area contributed by atoms with Gasteiger partial charge in [0.25, 0.3) is 0 Å². The van der Waals surface area contributed by atoms with Crippen molar-refractivity contribution in [2.45, 2.75) is 51.9 Å².